The van der Waals surface area contributed by atoms with Gasteiger partial charge in [-0.3, -0.25) is 0 Å². The Bertz CT molecular complexity index is 815. The summed E-state index contributed by atoms with van der Waals surface area (Å²) in [5.74, 6) is 0.367. The number of hydrogen-bond acceptors (Lipinski definition) is 7. The minimum atomic E-state index is -4.50. The number of nitrogens with one attached hydrogen (secondary N) is 1. The third-order valence-corrected chi connectivity index (χ3v) is 4.56. The number of hydrogen-bond donors (Lipinski definition) is 1. The zero-order valence-corrected chi connectivity index (χ0v) is 15.3. The van der Waals surface area contributed by atoms with Crippen molar-refractivity contribution in [3.05, 3.63) is 27.8 Å². The van der Waals surface area contributed by atoms with E-state index in [9.17, 15) is 21.6 Å². The molecule has 2 heterocycles. The van der Waals surface area contributed by atoms with E-state index in [0.29, 0.717) is 6.42 Å². The largest absolute Gasteiger partial charge is 0.434 e. The van der Waals surface area contributed by atoms with Gasteiger partial charge >= 0.3 is 6.18 Å². The van der Waals surface area contributed by atoms with Crippen LogP contribution in [-0.4, -0.2) is 29.8 Å². The first-order valence-electron chi connectivity index (χ1n) is 7.25. The average molecular weight is 398 g/mol. The van der Waals surface area contributed by atoms with Gasteiger partial charge in [-0.1, -0.05) is 19.0 Å². The van der Waals surface area contributed by atoms with Gasteiger partial charge in [-0.05, 0) is 12.3 Å². The van der Waals surface area contributed by atoms with Crippen LogP contribution in [0.4, 0.5) is 13.2 Å². The molecule has 12 heteroatoms. The number of halogens is 3. The van der Waals surface area contributed by atoms with Crippen LogP contribution in [0.1, 0.15) is 48.7 Å². The summed E-state index contributed by atoms with van der Waals surface area (Å²) >= 11 is 0.845. The van der Waals surface area contributed by atoms with Crippen molar-refractivity contribution in [2.24, 2.45) is 5.92 Å². The molecule has 25 heavy (non-hydrogen) atoms. The molecular formula is C13H17F3N4O3S2. The minimum absolute atomic E-state index is 0.0302. The molecule has 0 aliphatic carbocycles. The number of thiazole rings is 1. The van der Waals surface area contributed by atoms with Gasteiger partial charge in [-0.25, -0.2) is 18.1 Å². The van der Waals surface area contributed by atoms with Crippen molar-refractivity contribution in [3.8, 4) is 0 Å². The molecule has 0 aliphatic rings. The summed E-state index contributed by atoms with van der Waals surface area (Å²) in [7, 11) is -3.49. The van der Waals surface area contributed by atoms with E-state index in [4.69, 9.17) is 4.52 Å². The van der Waals surface area contributed by atoms with E-state index in [1.54, 1.807) is 0 Å². The fraction of sp³-hybridized carbons (Fsp3) is 0.615. The molecule has 0 aromatic carbocycles. The quantitative estimate of drug-likeness (QED) is 0.770. The standard InChI is InChI=1S/C13H17F3N4O3S2/c1-7(2)4-8(20-25(3,21)22)12-18-10(19-23-12)5-11-17-9(6-24-11)13(14,15)16/h6-8,20H,4-5H2,1-3H3. The first-order valence-corrected chi connectivity index (χ1v) is 10.0. The zero-order valence-electron chi connectivity index (χ0n) is 13.7. The molecule has 2 aromatic heterocycles. The zero-order chi connectivity index (χ0) is 18.8. The van der Waals surface area contributed by atoms with Crippen LogP contribution in [-0.2, 0) is 22.6 Å². The second-order valence-corrected chi connectivity index (χ2v) is 8.64. The molecule has 2 aromatic rings. The van der Waals surface area contributed by atoms with Gasteiger partial charge in [0.05, 0.1) is 12.7 Å². The van der Waals surface area contributed by atoms with Crippen molar-refractivity contribution >= 4 is 21.4 Å². The van der Waals surface area contributed by atoms with E-state index < -0.39 is 27.9 Å². The lowest BCUT2D eigenvalue weighted by atomic mass is 10.0. The SMILES string of the molecule is CC(C)CC(NS(C)(=O)=O)c1nc(Cc2nc(C(F)(F)F)cs2)no1. The van der Waals surface area contributed by atoms with Crippen LogP contribution < -0.4 is 4.72 Å². The summed E-state index contributed by atoms with van der Waals surface area (Å²) in [6.45, 7) is 3.81. The lowest BCUT2D eigenvalue weighted by Gasteiger charge is -2.15. The number of nitrogens with zero attached hydrogens (tertiary/aromatic N) is 3. The van der Waals surface area contributed by atoms with Gasteiger partial charge in [0.15, 0.2) is 11.5 Å². The second-order valence-electron chi connectivity index (χ2n) is 5.92. The van der Waals surface area contributed by atoms with Gasteiger partial charge in [0.2, 0.25) is 15.9 Å². The number of rotatable bonds is 7. The third kappa shape index (κ3) is 6.04. The van der Waals surface area contributed by atoms with Crippen molar-refractivity contribution in [1.82, 2.24) is 19.8 Å². The molecule has 2 rings (SSSR count). The maximum Gasteiger partial charge on any atom is 0.434 e. The van der Waals surface area contributed by atoms with Crippen molar-refractivity contribution in [1.29, 1.82) is 0 Å². The van der Waals surface area contributed by atoms with Gasteiger partial charge in [-0.2, -0.15) is 18.2 Å². The Labute approximate surface area is 146 Å². The molecule has 7 nitrogen and oxygen atoms in total. The highest BCUT2D eigenvalue weighted by Gasteiger charge is 2.34. The predicted octanol–water partition coefficient (Wildman–Crippen LogP) is 2.77. The maximum atomic E-state index is 12.6. The van der Waals surface area contributed by atoms with E-state index in [-0.39, 0.29) is 29.1 Å². The van der Waals surface area contributed by atoms with E-state index in [1.165, 1.54) is 0 Å². The molecule has 0 bridgehead atoms. The third-order valence-electron chi connectivity index (χ3n) is 3.00. The molecule has 0 fully saturated rings. The van der Waals surface area contributed by atoms with Crippen LogP contribution in [0.2, 0.25) is 0 Å². The molecule has 0 radical (unpaired) electrons. The van der Waals surface area contributed by atoms with E-state index in [2.05, 4.69) is 19.8 Å². The summed E-state index contributed by atoms with van der Waals surface area (Å²) in [4.78, 5) is 7.59. The van der Waals surface area contributed by atoms with Gasteiger partial charge < -0.3 is 4.52 Å². The minimum Gasteiger partial charge on any atom is -0.338 e. The number of aromatic nitrogens is 3. The molecule has 0 saturated carbocycles. The average Bonchev–Trinajstić information content (AvgIpc) is 3.04. The van der Waals surface area contributed by atoms with Gasteiger partial charge in [0, 0.05) is 5.38 Å². The van der Waals surface area contributed by atoms with E-state index in [1.807, 2.05) is 13.8 Å². The van der Waals surface area contributed by atoms with Gasteiger partial charge in [0.25, 0.3) is 0 Å². The summed E-state index contributed by atoms with van der Waals surface area (Å²) in [5, 5.41) is 4.82. The summed E-state index contributed by atoms with van der Waals surface area (Å²) < 4.78 is 68.1. The monoisotopic (exact) mass is 398 g/mol. The highest BCUT2D eigenvalue weighted by molar-refractivity contribution is 7.88. The Morgan fingerprint density at radius 2 is 2.00 bits per heavy atom. The molecular weight excluding hydrogens is 381 g/mol. The molecule has 0 aliphatic heterocycles. The first kappa shape index (κ1) is 19.8. The molecule has 1 N–H and O–H groups in total. The highest BCUT2D eigenvalue weighted by atomic mass is 32.2. The summed E-state index contributed by atoms with van der Waals surface area (Å²) in [5.41, 5.74) is -0.965. The van der Waals surface area contributed by atoms with E-state index in [0.717, 1.165) is 23.0 Å². The van der Waals surface area contributed by atoms with Crippen LogP contribution in [0.25, 0.3) is 0 Å². The Kier molecular flexibility index (Phi) is 5.84. The van der Waals surface area contributed by atoms with Gasteiger partial charge in [0.1, 0.15) is 11.0 Å². The van der Waals surface area contributed by atoms with Crippen molar-refractivity contribution in [2.75, 3.05) is 6.26 Å². The fourth-order valence-corrected chi connectivity index (χ4v) is 3.58. The van der Waals surface area contributed by atoms with Crippen LogP contribution in [0.3, 0.4) is 0 Å². The normalized spacial score (nSPS) is 14.2. The lowest BCUT2D eigenvalue weighted by molar-refractivity contribution is -0.140. The molecule has 0 amide bonds. The van der Waals surface area contributed by atoms with Crippen molar-refractivity contribution < 1.29 is 26.1 Å². The Balaban J connectivity index is 2.15. The first-order chi connectivity index (χ1) is 11.4. The smallest absolute Gasteiger partial charge is 0.338 e. The predicted molar refractivity (Wildman–Crippen MR) is 84.4 cm³/mol. The van der Waals surface area contributed by atoms with Crippen LogP contribution in [0.15, 0.2) is 9.90 Å². The maximum absolute atomic E-state index is 12.6. The number of sulfonamides is 1. The Morgan fingerprint density at radius 3 is 2.52 bits per heavy atom. The molecule has 140 valence electrons. The summed E-state index contributed by atoms with van der Waals surface area (Å²) in [6.07, 6.45) is -3.08. The van der Waals surface area contributed by atoms with Gasteiger partial charge in [-0.15, -0.1) is 11.3 Å². The molecule has 0 saturated heterocycles. The Hall–Kier alpha value is -1.53. The fourth-order valence-electron chi connectivity index (χ4n) is 2.07. The van der Waals surface area contributed by atoms with Crippen molar-refractivity contribution in [3.63, 3.8) is 0 Å². The van der Waals surface area contributed by atoms with Crippen molar-refractivity contribution in [2.45, 2.75) is 38.9 Å². The molecule has 0 spiro atoms. The Morgan fingerprint density at radius 1 is 1.32 bits per heavy atom. The highest BCUT2D eigenvalue weighted by Crippen LogP contribution is 2.30. The van der Waals surface area contributed by atoms with Crippen LogP contribution in [0.5, 0.6) is 0 Å². The molecule has 1 atom stereocenters. The lowest BCUT2D eigenvalue weighted by Crippen LogP contribution is -2.28. The second kappa shape index (κ2) is 7.38. The number of alkyl halides is 3. The summed E-state index contributed by atoms with van der Waals surface area (Å²) in [6, 6.07) is -0.696. The van der Waals surface area contributed by atoms with Crippen LogP contribution >= 0.6 is 11.3 Å². The van der Waals surface area contributed by atoms with E-state index >= 15 is 0 Å². The topological polar surface area (TPSA) is 98.0 Å². The van der Waals surface area contributed by atoms with Crippen LogP contribution in [0, 0.1) is 5.92 Å². The molecule has 1 unspecified atom stereocenters.